The van der Waals surface area contributed by atoms with Crippen LogP contribution in [0.2, 0.25) is 0 Å². The van der Waals surface area contributed by atoms with Crippen molar-refractivity contribution >= 4 is 35.0 Å². The van der Waals surface area contributed by atoms with Gasteiger partial charge in [0.2, 0.25) is 11.8 Å². The van der Waals surface area contributed by atoms with Gasteiger partial charge in [0.15, 0.2) is 6.04 Å². The molecular weight excluding hydrogens is 352 g/mol. The topological polar surface area (TPSA) is 131 Å². The standard InChI is InChI=1S/C18H22N4O5/c19-16(24)15(21-17(25)11-2-1-3-11)18(26)20-12-4-6-13(7-5-12)22-8-9-27-10-14(22)23/h4-7,11,15H,1-3,8-10H2,(H2,19,24)(H,20,26)(H,21,25)/t15-/m1/s1. The smallest absolute Gasteiger partial charge is 0.256 e. The lowest BCUT2D eigenvalue weighted by Gasteiger charge is -2.27. The van der Waals surface area contributed by atoms with Gasteiger partial charge in [-0.15, -0.1) is 0 Å². The lowest BCUT2D eigenvalue weighted by Crippen LogP contribution is -2.53. The molecule has 0 radical (unpaired) electrons. The number of carbonyl (C=O) groups is 4. The van der Waals surface area contributed by atoms with Crippen LogP contribution in [-0.4, -0.2) is 49.4 Å². The van der Waals surface area contributed by atoms with Gasteiger partial charge in [-0.05, 0) is 37.1 Å². The molecule has 1 aliphatic carbocycles. The molecule has 27 heavy (non-hydrogen) atoms. The summed E-state index contributed by atoms with van der Waals surface area (Å²) >= 11 is 0. The summed E-state index contributed by atoms with van der Waals surface area (Å²) in [5.74, 6) is -2.25. The van der Waals surface area contributed by atoms with Crippen LogP contribution in [0.15, 0.2) is 24.3 Å². The Labute approximate surface area is 156 Å². The van der Waals surface area contributed by atoms with Gasteiger partial charge in [-0.1, -0.05) is 6.42 Å². The summed E-state index contributed by atoms with van der Waals surface area (Å²) in [7, 11) is 0. The van der Waals surface area contributed by atoms with Crippen molar-refractivity contribution in [2.24, 2.45) is 11.7 Å². The minimum Gasteiger partial charge on any atom is -0.370 e. The van der Waals surface area contributed by atoms with E-state index in [1.165, 1.54) is 0 Å². The zero-order chi connectivity index (χ0) is 19.4. The van der Waals surface area contributed by atoms with Crippen LogP contribution in [0, 0.1) is 5.92 Å². The normalized spacial score (nSPS) is 18.4. The highest BCUT2D eigenvalue weighted by Crippen LogP contribution is 2.26. The average molecular weight is 374 g/mol. The van der Waals surface area contributed by atoms with E-state index in [9.17, 15) is 19.2 Å². The van der Waals surface area contributed by atoms with Gasteiger partial charge in [0.05, 0.1) is 6.61 Å². The highest BCUT2D eigenvalue weighted by molar-refractivity contribution is 6.11. The van der Waals surface area contributed by atoms with Crippen LogP contribution in [0.1, 0.15) is 19.3 Å². The molecule has 1 heterocycles. The predicted octanol–water partition coefficient (Wildman–Crippen LogP) is -0.242. The van der Waals surface area contributed by atoms with Gasteiger partial charge >= 0.3 is 0 Å². The number of rotatable bonds is 6. The number of ether oxygens (including phenoxy) is 1. The van der Waals surface area contributed by atoms with Crippen LogP contribution in [-0.2, 0) is 23.9 Å². The molecule has 2 fully saturated rings. The molecule has 1 aliphatic heterocycles. The first-order valence-electron chi connectivity index (χ1n) is 8.84. The lowest BCUT2D eigenvalue weighted by molar-refractivity contribution is -0.136. The van der Waals surface area contributed by atoms with Crippen molar-refractivity contribution in [3.8, 4) is 0 Å². The molecule has 1 aromatic carbocycles. The third kappa shape index (κ3) is 4.43. The highest BCUT2D eigenvalue weighted by Gasteiger charge is 2.32. The van der Waals surface area contributed by atoms with Gasteiger partial charge in [0.1, 0.15) is 6.61 Å². The Morgan fingerprint density at radius 2 is 1.89 bits per heavy atom. The van der Waals surface area contributed by atoms with Crippen LogP contribution < -0.4 is 21.3 Å². The summed E-state index contributed by atoms with van der Waals surface area (Å²) in [6, 6.07) is 5.17. The number of benzene rings is 1. The molecule has 0 spiro atoms. The van der Waals surface area contributed by atoms with E-state index in [1.54, 1.807) is 29.2 Å². The largest absolute Gasteiger partial charge is 0.370 e. The number of morpholine rings is 1. The summed E-state index contributed by atoms with van der Waals surface area (Å²) in [6.07, 6.45) is 2.46. The van der Waals surface area contributed by atoms with Crippen LogP contribution in [0.4, 0.5) is 11.4 Å². The Morgan fingerprint density at radius 1 is 1.19 bits per heavy atom. The van der Waals surface area contributed by atoms with Gasteiger partial charge in [-0.2, -0.15) is 0 Å². The fourth-order valence-corrected chi connectivity index (χ4v) is 2.93. The zero-order valence-corrected chi connectivity index (χ0v) is 14.8. The van der Waals surface area contributed by atoms with Crippen LogP contribution in [0.3, 0.4) is 0 Å². The summed E-state index contributed by atoms with van der Waals surface area (Å²) < 4.78 is 5.09. The lowest BCUT2D eigenvalue weighted by atomic mass is 9.84. The molecule has 9 nitrogen and oxygen atoms in total. The summed E-state index contributed by atoms with van der Waals surface area (Å²) in [4.78, 5) is 49.4. The minimum atomic E-state index is -1.43. The van der Waals surface area contributed by atoms with Gasteiger partial charge < -0.3 is 26.0 Å². The van der Waals surface area contributed by atoms with Gasteiger partial charge in [-0.25, -0.2) is 0 Å². The minimum absolute atomic E-state index is 0.0411. The molecule has 2 aliphatic rings. The third-order valence-corrected chi connectivity index (χ3v) is 4.74. The van der Waals surface area contributed by atoms with E-state index in [-0.39, 0.29) is 24.3 Å². The maximum atomic E-state index is 12.3. The van der Waals surface area contributed by atoms with Gasteiger partial charge in [0, 0.05) is 23.8 Å². The summed E-state index contributed by atoms with van der Waals surface area (Å²) in [5.41, 5.74) is 6.38. The monoisotopic (exact) mass is 374 g/mol. The molecule has 3 rings (SSSR count). The summed E-state index contributed by atoms with van der Waals surface area (Å²) in [6.45, 7) is 0.964. The predicted molar refractivity (Wildman–Crippen MR) is 96.7 cm³/mol. The number of anilines is 2. The van der Waals surface area contributed by atoms with E-state index in [0.717, 1.165) is 19.3 Å². The SMILES string of the molecule is NC(=O)[C@@H](NC(=O)C1CCC1)C(=O)Nc1ccc(N2CCOCC2=O)cc1. The van der Waals surface area contributed by atoms with Crippen molar-refractivity contribution < 1.29 is 23.9 Å². The number of primary amides is 1. The van der Waals surface area contributed by atoms with Crippen LogP contribution >= 0.6 is 0 Å². The van der Waals surface area contributed by atoms with E-state index in [1.807, 2.05) is 0 Å². The maximum Gasteiger partial charge on any atom is 0.256 e. The van der Waals surface area contributed by atoms with E-state index < -0.39 is 17.9 Å². The van der Waals surface area contributed by atoms with Gasteiger partial charge in [0.25, 0.3) is 11.8 Å². The van der Waals surface area contributed by atoms with Crippen LogP contribution in [0.5, 0.6) is 0 Å². The molecule has 0 unspecified atom stereocenters. The number of nitrogens with zero attached hydrogens (tertiary/aromatic N) is 1. The Bertz CT molecular complexity index is 745. The third-order valence-electron chi connectivity index (χ3n) is 4.74. The Hall–Kier alpha value is -2.94. The van der Waals surface area contributed by atoms with Crippen molar-refractivity contribution in [2.45, 2.75) is 25.3 Å². The van der Waals surface area contributed by atoms with Crippen molar-refractivity contribution in [2.75, 3.05) is 30.0 Å². The maximum absolute atomic E-state index is 12.3. The molecule has 9 heteroatoms. The molecule has 1 saturated carbocycles. The number of hydrogen-bond acceptors (Lipinski definition) is 5. The molecule has 1 aromatic rings. The second-order valence-electron chi connectivity index (χ2n) is 6.61. The fraction of sp³-hybridized carbons (Fsp3) is 0.444. The second kappa shape index (κ2) is 8.17. The first-order chi connectivity index (χ1) is 13.0. The Balaban J connectivity index is 1.62. The molecule has 0 aromatic heterocycles. The summed E-state index contributed by atoms with van der Waals surface area (Å²) in [5, 5.41) is 4.98. The fourth-order valence-electron chi connectivity index (χ4n) is 2.93. The number of nitrogens with two attached hydrogens (primary N) is 1. The van der Waals surface area contributed by atoms with Crippen molar-refractivity contribution in [3.63, 3.8) is 0 Å². The molecule has 1 atom stereocenters. The zero-order valence-electron chi connectivity index (χ0n) is 14.8. The number of carbonyl (C=O) groups excluding carboxylic acids is 4. The van der Waals surface area contributed by atoms with Crippen molar-refractivity contribution in [1.29, 1.82) is 0 Å². The van der Waals surface area contributed by atoms with E-state index in [0.29, 0.717) is 24.5 Å². The Morgan fingerprint density at radius 3 is 2.44 bits per heavy atom. The van der Waals surface area contributed by atoms with Crippen molar-refractivity contribution in [1.82, 2.24) is 5.32 Å². The number of nitrogens with one attached hydrogen (secondary N) is 2. The number of hydrogen-bond donors (Lipinski definition) is 3. The first-order valence-corrected chi connectivity index (χ1v) is 8.84. The van der Waals surface area contributed by atoms with E-state index in [4.69, 9.17) is 10.5 Å². The quantitative estimate of drug-likeness (QED) is 0.592. The highest BCUT2D eigenvalue weighted by atomic mass is 16.5. The van der Waals surface area contributed by atoms with E-state index in [2.05, 4.69) is 10.6 Å². The van der Waals surface area contributed by atoms with Crippen LogP contribution in [0.25, 0.3) is 0 Å². The molecule has 144 valence electrons. The van der Waals surface area contributed by atoms with Crippen molar-refractivity contribution in [3.05, 3.63) is 24.3 Å². The molecule has 4 N–H and O–H groups in total. The molecule has 1 saturated heterocycles. The Kier molecular flexibility index (Phi) is 5.70. The molecule has 0 bridgehead atoms. The number of amides is 4. The molecule has 4 amide bonds. The second-order valence-corrected chi connectivity index (χ2v) is 6.61. The molecular formula is C18H22N4O5. The van der Waals surface area contributed by atoms with E-state index >= 15 is 0 Å². The average Bonchev–Trinajstić information content (AvgIpc) is 2.59. The first kappa shape index (κ1) is 18.8. The van der Waals surface area contributed by atoms with Gasteiger partial charge in [-0.3, -0.25) is 19.2 Å².